The van der Waals surface area contributed by atoms with E-state index in [9.17, 15) is 4.79 Å². The van der Waals surface area contributed by atoms with Gasteiger partial charge in [-0.2, -0.15) is 0 Å². The molecule has 0 saturated heterocycles. The maximum Gasteiger partial charge on any atom is 0.271 e. The van der Waals surface area contributed by atoms with Crippen LogP contribution in [0.5, 0.6) is 0 Å². The van der Waals surface area contributed by atoms with Crippen molar-refractivity contribution >= 4 is 11.2 Å². The van der Waals surface area contributed by atoms with Gasteiger partial charge in [0.15, 0.2) is 5.65 Å². The molecule has 1 N–H and O–H groups in total. The van der Waals surface area contributed by atoms with Gasteiger partial charge in [0.2, 0.25) is 0 Å². The third kappa shape index (κ3) is 1.83. The van der Waals surface area contributed by atoms with Crippen LogP contribution in [-0.4, -0.2) is 15.0 Å². The van der Waals surface area contributed by atoms with Crippen LogP contribution in [0.3, 0.4) is 0 Å². The fourth-order valence-electron chi connectivity index (χ4n) is 1.83. The topological polar surface area (TPSA) is 58.6 Å². The minimum Gasteiger partial charge on any atom is -0.304 e. The van der Waals surface area contributed by atoms with E-state index in [-0.39, 0.29) is 5.56 Å². The Morgan fingerprint density at radius 1 is 1.31 bits per heavy atom. The Labute approximate surface area is 93.8 Å². The maximum atomic E-state index is 11.7. The molecule has 0 saturated carbocycles. The van der Waals surface area contributed by atoms with Crippen molar-refractivity contribution in [2.75, 3.05) is 0 Å². The Morgan fingerprint density at radius 2 is 2.06 bits per heavy atom. The lowest BCUT2D eigenvalue weighted by Gasteiger charge is -2.04. The zero-order valence-corrected chi connectivity index (χ0v) is 9.79. The number of nitrogens with zero attached hydrogens (tertiary/aromatic N) is 2. The summed E-state index contributed by atoms with van der Waals surface area (Å²) in [5, 5.41) is 0. The molecule has 16 heavy (non-hydrogen) atoms. The summed E-state index contributed by atoms with van der Waals surface area (Å²) in [6.45, 7) is 5.92. The van der Waals surface area contributed by atoms with Gasteiger partial charge in [-0.1, -0.05) is 13.3 Å². The van der Waals surface area contributed by atoms with E-state index in [1.54, 1.807) is 0 Å². The Kier molecular flexibility index (Phi) is 2.73. The van der Waals surface area contributed by atoms with Crippen LogP contribution in [0.15, 0.2) is 10.9 Å². The number of fused-ring (bicyclic) bond motifs is 1. The molecule has 2 aromatic rings. The molecule has 4 heteroatoms. The number of aromatic amines is 1. The van der Waals surface area contributed by atoms with Gasteiger partial charge in [-0.05, 0) is 31.9 Å². The minimum absolute atomic E-state index is 0.119. The van der Waals surface area contributed by atoms with Gasteiger partial charge in [0, 0.05) is 5.69 Å². The van der Waals surface area contributed by atoms with Crippen molar-refractivity contribution in [3.8, 4) is 0 Å². The fourth-order valence-corrected chi connectivity index (χ4v) is 1.83. The molecule has 84 valence electrons. The summed E-state index contributed by atoms with van der Waals surface area (Å²) < 4.78 is 0. The molecule has 0 atom stereocenters. The summed E-state index contributed by atoms with van der Waals surface area (Å²) in [5.74, 6) is 0. The Morgan fingerprint density at radius 3 is 2.75 bits per heavy atom. The molecule has 0 bridgehead atoms. The fraction of sp³-hybridized carbons (Fsp3) is 0.417. The molecule has 0 fully saturated rings. The summed E-state index contributed by atoms with van der Waals surface area (Å²) in [4.78, 5) is 23.2. The van der Waals surface area contributed by atoms with Crippen molar-refractivity contribution in [1.82, 2.24) is 15.0 Å². The average Bonchev–Trinajstić information content (AvgIpc) is 2.20. The number of rotatable bonds is 2. The van der Waals surface area contributed by atoms with Crippen LogP contribution in [0.2, 0.25) is 0 Å². The largest absolute Gasteiger partial charge is 0.304 e. The number of aromatic nitrogens is 3. The minimum atomic E-state index is -0.119. The first kappa shape index (κ1) is 10.8. The standard InChI is InChI=1S/C12H15N3O/c1-4-5-9-12(16)15-11-10(14-9)7(2)6-8(3)13-11/h6H,4-5H2,1-3H3,(H,13,15,16). The molecular formula is C12H15N3O. The van der Waals surface area contributed by atoms with Crippen LogP contribution in [0.1, 0.15) is 30.3 Å². The second-order valence-electron chi connectivity index (χ2n) is 4.04. The van der Waals surface area contributed by atoms with Crippen molar-refractivity contribution in [2.24, 2.45) is 0 Å². The molecule has 0 spiro atoms. The van der Waals surface area contributed by atoms with E-state index in [1.165, 1.54) is 0 Å². The second kappa shape index (κ2) is 4.04. The van der Waals surface area contributed by atoms with Gasteiger partial charge in [0.05, 0.1) is 0 Å². The first-order valence-corrected chi connectivity index (χ1v) is 5.49. The maximum absolute atomic E-state index is 11.7. The molecule has 4 nitrogen and oxygen atoms in total. The molecule has 0 aliphatic carbocycles. The van der Waals surface area contributed by atoms with Crippen LogP contribution in [0, 0.1) is 13.8 Å². The van der Waals surface area contributed by atoms with Crippen LogP contribution in [-0.2, 0) is 6.42 Å². The summed E-state index contributed by atoms with van der Waals surface area (Å²) in [6.07, 6.45) is 1.62. The molecule has 2 heterocycles. The van der Waals surface area contributed by atoms with Gasteiger partial charge in [-0.15, -0.1) is 0 Å². The first-order chi connectivity index (χ1) is 7.61. The quantitative estimate of drug-likeness (QED) is 0.835. The van der Waals surface area contributed by atoms with E-state index in [0.29, 0.717) is 17.8 Å². The van der Waals surface area contributed by atoms with Gasteiger partial charge in [0.25, 0.3) is 5.56 Å². The summed E-state index contributed by atoms with van der Waals surface area (Å²) in [6, 6.07) is 1.98. The van der Waals surface area contributed by atoms with Gasteiger partial charge in [-0.25, -0.2) is 9.97 Å². The lowest BCUT2D eigenvalue weighted by atomic mass is 10.2. The molecule has 0 radical (unpaired) electrons. The van der Waals surface area contributed by atoms with E-state index >= 15 is 0 Å². The number of H-pyrrole nitrogens is 1. The highest BCUT2D eigenvalue weighted by atomic mass is 16.1. The predicted molar refractivity (Wildman–Crippen MR) is 63.6 cm³/mol. The van der Waals surface area contributed by atoms with E-state index in [2.05, 4.69) is 15.0 Å². The second-order valence-corrected chi connectivity index (χ2v) is 4.04. The van der Waals surface area contributed by atoms with Crippen LogP contribution in [0.4, 0.5) is 0 Å². The number of nitrogens with one attached hydrogen (secondary N) is 1. The monoisotopic (exact) mass is 217 g/mol. The SMILES string of the molecule is CCCc1nc2c(C)cc(C)nc2[nH]c1=O. The molecular weight excluding hydrogens is 202 g/mol. The summed E-state index contributed by atoms with van der Waals surface area (Å²) in [7, 11) is 0. The lowest BCUT2D eigenvalue weighted by molar-refractivity contribution is 0.863. The smallest absolute Gasteiger partial charge is 0.271 e. The molecule has 0 aromatic carbocycles. The highest BCUT2D eigenvalue weighted by Gasteiger charge is 2.07. The number of pyridine rings is 1. The van der Waals surface area contributed by atoms with E-state index in [0.717, 1.165) is 23.2 Å². The zero-order chi connectivity index (χ0) is 11.7. The van der Waals surface area contributed by atoms with E-state index in [1.807, 2.05) is 26.8 Å². The molecule has 2 aromatic heterocycles. The van der Waals surface area contributed by atoms with Crippen LogP contribution < -0.4 is 5.56 Å². The number of hydrogen-bond acceptors (Lipinski definition) is 3. The third-order valence-corrected chi connectivity index (χ3v) is 2.54. The molecule has 2 rings (SSSR count). The highest BCUT2D eigenvalue weighted by Crippen LogP contribution is 2.12. The van der Waals surface area contributed by atoms with E-state index < -0.39 is 0 Å². The van der Waals surface area contributed by atoms with Crippen LogP contribution >= 0.6 is 0 Å². The highest BCUT2D eigenvalue weighted by molar-refractivity contribution is 5.73. The normalized spacial score (nSPS) is 10.9. The lowest BCUT2D eigenvalue weighted by Crippen LogP contribution is -2.16. The summed E-state index contributed by atoms with van der Waals surface area (Å²) in [5.41, 5.74) is 3.81. The van der Waals surface area contributed by atoms with Gasteiger partial charge >= 0.3 is 0 Å². The van der Waals surface area contributed by atoms with Crippen molar-refractivity contribution in [1.29, 1.82) is 0 Å². The predicted octanol–water partition coefficient (Wildman–Crippen LogP) is 1.89. The van der Waals surface area contributed by atoms with Crippen LogP contribution in [0.25, 0.3) is 11.2 Å². The average molecular weight is 217 g/mol. The summed E-state index contributed by atoms with van der Waals surface area (Å²) >= 11 is 0. The van der Waals surface area contributed by atoms with Gasteiger partial charge < -0.3 is 4.98 Å². The third-order valence-electron chi connectivity index (χ3n) is 2.54. The Bertz CT molecular complexity index is 587. The molecule has 0 aliphatic heterocycles. The van der Waals surface area contributed by atoms with Crippen molar-refractivity contribution in [2.45, 2.75) is 33.6 Å². The Hall–Kier alpha value is -1.71. The van der Waals surface area contributed by atoms with Gasteiger partial charge in [-0.3, -0.25) is 4.79 Å². The van der Waals surface area contributed by atoms with Gasteiger partial charge in [0.1, 0.15) is 11.2 Å². The molecule has 0 aliphatic rings. The number of aryl methyl sites for hydroxylation is 3. The van der Waals surface area contributed by atoms with Crippen molar-refractivity contribution in [3.63, 3.8) is 0 Å². The molecule has 0 unspecified atom stereocenters. The van der Waals surface area contributed by atoms with E-state index in [4.69, 9.17) is 0 Å². The Balaban J connectivity index is 2.74. The first-order valence-electron chi connectivity index (χ1n) is 5.49. The zero-order valence-electron chi connectivity index (χ0n) is 9.79. The van der Waals surface area contributed by atoms with Crippen molar-refractivity contribution in [3.05, 3.63) is 33.4 Å². The molecule has 0 amide bonds. The number of hydrogen-bond donors (Lipinski definition) is 1. The van der Waals surface area contributed by atoms with Crippen molar-refractivity contribution < 1.29 is 0 Å².